The van der Waals surface area contributed by atoms with Crippen LogP contribution in [0.5, 0.6) is 0 Å². The highest BCUT2D eigenvalue weighted by Gasteiger charge is 2.19. The average Bonchev–Trinajstić information content (AvgIpc) is 2.75. The van der Waals surface area contributed by atoms with Crippen molar-refractivity contribution in [3.8, 4) is 0 Å². The molecule has 0 amide bonds. The fraction of sp³-hybridized carbons (Fsp3) is 0.400. The number of hydrazine groups is 1. The third kappa shape index (κ3) is 3.48. The van der Waals surface area contributed by atoms with E-state index < -0.39 is 0 Å². The molecule has 1 unspecified atom stereocenters. The molecule has 0 fully saturated rings. The maximum absolute atomic E-state index is 6.38. The number of nitrogens with zero attached hydrogens (tertiary/aromatic N) is 2. The summed E-state index contributed by atoms with van der Waals surface area (Å²) >= 11 is 9.90. The predicted octanol–water partition coefficient (Wildman–Crippen LogP) is 3.68. The van der Waals surface area contributed by atoms with Crippen molar-refractivity contribution in [2.75, 3.05) is 0 Å². The van der Waals surface area contributed by atoms with Crippen molar-refractivity contribution in [3.63, 3.8) is 0 Å². The lowest BCUT2D eigenvalue weighted by Gasteiger charge is -2.18. The summed E-state index contributed by atoms with van der Waals surface area (Å²) in [6, 6.07) is 6.23. The monoisotopic (exact) mass is 370 g/mol. The van der Waals surface area contributed by atoms with Crippen molar-refractivity contribution in [2.24, 2.45) is 5.84 Å². The minimum absolute atomic E-state index is 0.00398. The van der Waals surface area contributed by atoms with Gasteiger partial charge in [-0.25, -0.2) is 0 Å². The Morgan fingerprint density at radius 2 is 2.14 bits per heavy atom. The maximum Gasteiger partial charge on any atom is 0.0847 e. The Bertz CT molecular complexity index is 639. The molecule has 4 nitrogen and oxygen atoms in total. The normalized spacial score (nSPS) is 12.7. The number of halogens is 2. The van der Waals surface area contributed by atoms with Crippen molar-refractivity contribution in [2.45, 2.75) is 39.8 Å². The molecule has 2 rings (SSSR count). The molecule has 0 aliphatic heterocycles. The Morgan fingerprint density at radius 1 is 1.43 bits per heavy atom. The number of rotatable bonds is 5. The van der Waals surface area contributed by atoms with Crippen LogP contribution >= 0.6 is 27.5 Å². The van der Waals surface area contributed by atoms with Crippen LogP contribution in [-0.2, 0) is 13.0 Å². The lowest BCUT2D eigenvalue weighted by atomic mass is 10.0. The van der Waals surface area contributed by atoms with E-state index in [-0.39, 0.29) is 6.04 Å². The fourth-order valence-corrected chi connectivity index (χ4v) is 2.87. The minimum atomic E-state index is -0.00398. The second-order valence-corrected chi connectivity index (χ2v) is 6.33. The molecule has 0 saturated heterocycles. The molecule has 3 N–H and O–H groups in total. The predicted molar refractivity (Wildman–Crippen MR) is 90.3 cm³/mol. The van der Waals surface area contributed by atoms with Gasteiger partial charge in [-0.1, -0.05) is 39.7 Å². The zero-order valence-electron chi connectivity index (χ0n) is 12.5. The Hall–Kier alpha value is -0.880. The number of nitrogens with one attached hydrogen (secondary N) is 1. The second kappa shape index (κ2) is 6.92. The van der Waals surface area contributed by atoms with Crippen LogP contribution in [0.1, 0.15) is 35.5 Å². The molecule has 21 heavy (non-hydrogen) atoms. The van der Waals surface area contributed by atoms with E-state index in [0.29, 0.717) is 6.42 Å². The van der Waals surface area contributed by atoms with Gasteiger partial charge in [-0.05, 0) is 38.0 Å². The van der Waals surface area contributed by atoms with E-state index in [4.69, 9.17) is 17.4 Å². The quantitative estimate of drug-likeness (QED) is 0.622. The van der Waals surface area contributed by atoms with E-state index >= 15 is 0 Å². The molecule has 0 radical (unpaired) electrons. The summed E-state index contributed by atoms with van der Waals surface area (Å²) in [6.45, 7) is 6.84. The van der Waals surface area contributed by atoms with Gasteiger partial charge in [0.1, 0.15) is 0 Å². The molecule has 1 heterocycles. The average molecular weight is 372 g/mol. The van der Waals surface area contributed by atoms with E-state index in [2.05, 4.69) is 52.4 Å². The Kier molecular flexibility index (Phi) is 5.43. The highest BCUT2D eigenvalue weighted by Crippen LogP contribution is 2.27. The van der Waals surface area contributed by atoms with Crippen molar-refractivity contribution in [1.82, 2.24) is 15.2 Å². The molecule has 114 valence electrons. The van der Waals surface area contributed by atoms with E-state index in [1.165, 1.54) is 5.56 Å². The highest BCUT2D eigenvalue weighted by molar-refractivity contribution is 9.10. The molecule has 1 atom stereocenters. The molecule has 0 spiro atoms. The van der Waals surface area contributed by atoms with Gasteiger partial charge >= 0.3 is 0 Å². The minimum Gasteiger partial charge on any atom is -0.271 e. The van der Waals surface area contributed by atoms with E-state index in [1.807, 2.05) is 17.7 Å². The van der Waals surface area contributed by atoms with Crippen LogP contribution in [-0.4, -0.2) is 9.78 Å². The Labute approximate surface area is 138 Å². The molecule has 0 bridgehead atoms. The molecule has 0 aliphatic rings. The zero-order valence-corrected chi connectivity index (χ0v) is 14.8. The van der Waals surface area contributed by atoms with Gasteiger partial charge in [0.25, 0.3) is 0 Å². The molecular formula is C15H20BrClN4. The maximum atomic E-state index is 6.38. The first-order chi connectivity index (χ1) is 9.97. The summed E-state index contributed by atoms with van der Waals surface area (Å²) in [7, 11) is 0. The first-order valence-electron chi connectivity index (χ1n) is 6.91. The topological polar surface area (TPSA) is 55.9 Å². The van der Waals surface area contributed by atoms with Crippen LogP contribution in [0.4, 0.5) is 0 Å². The van der Waals surface area contributed by atoms with Gasteiger partial charge < -0.3 is 0 Å². The van der Waals surface area contributed by atoms with E-state index in [9.17, 15) is 0 Å². The van der Waals surface area contributed by atoms with Crippen LogP contribution < -0.4 is 11.3 Å². The molecule has 0 aliphatic carbocycles. The Balaban J connectivity index is 2.33. The Morgan fingerprint density at radius 3 is 2.71 bits per heavy atom. The van der Waals surface area contributed by atoms with E-state index in [1.54, 1.807) is 0 Å². The molecule has 1 aromatic heterocycles. The standard InChI is InChI=1S/C15H20BrClN4/c1-4-21-14(15(17)10(3)20-21)8-13(19-18)11-5-6-12(16)9(2)7-11/h5-7,13,19H,4,8,18H2,1-3H3. The summed E-state index contributed by atoms with van der Waals surface area (Å²) in [4.78, 5) is 0. The van der Waals surface area contributed by atoms with Crippen LogP contribution in [0.3, 0.4) is 0 Å². The highest BCUT2D eigenvalue weighted by atomic mass is 79.9. The van der Waals surface area contributed by atoms with Gasteiger partial charge in [0.15, 0.2) is 0 Å². The number of benzene rings is 1. The van der Waals surface area contributed by atoms with Gasteiger partial charge in [0.05, 0.1) is 22.5 Å². The summed E-state index contributed by atoms with van der Waals surface area (Å²) in [5.74, 6) is 5.75. The van der Waals surface area contributed by atoms with Crippen molar-refractivity contribution < 1.29 is 0 Å². The number of hydrogen-bond donors (Lipinski definition) is 2. The third-order valence-electron chi connectivity index (χ3n) is 3.64. The van der Waals surface area contributed by atoms with Gasteiger partial charge in [-0.3, -0.25) is 16.0 Å². The summed E-state index contributed by atoms with van der Waals surface area (Å²) in [5, 5.41) is 5.18. The van der Waals surface area contributed by atoms with Crippen molar-refractivity contribution in [3.05, 3.63) is 50.2 Å². The largest absolute Gasteiger partial charge is 0.271 e. The molecule has 1 aromatic carbocycles. The van der Waals surface area contributed by atoms with Crippen LogP contribution in [0.15, 0.2) is 22.7 Å². The van der Waals surface area contributed by atoms with Crippen molar-refractivity contribution in [1.29, 1.82) is 0 Å². The summed E-state index contributed by atoms with van der Waals surface area (Å²) < 4.78 is 3.03. The van der Waals surface area contributed by atoms with Gasteiger partial charge in [-0.2, -0.15) is 5.10 Å². The van der Waals surface area contributed by atoms with Crippen LogP contribution in [0.25, 0.3) is 0 Å². The summed E-state index contributed by atoms with van der Waals surface area (Å²) in [5.41, 5.74) is 7.07. The molecular weight excluding hydrogens is 352 g/mol. The number of aryl methyl sites for hydroxylation is 3. The van der Waals surface area contributed by atoms with Gasteiger partial charge in [0, 0.05) is 17.4 Å². The molecule has 6 heteroatoms. The zero-order chi connectivity index (χ0) is 15.6. The van der Waals surface area contributed by atoms with Crippen LogP contribution in [0, 0.1) is 13.8 Å². The van der Waals surface area contributed by atoms with Crippen molar-refractivity contribution >= 4 is 27.5 Å². The van der Waals surface area contributed by atoms with Crippen LogP contribution in [0.2, 0.25) is 5.02 Å². The second-order valence-electron chi connectivity index (χ2n) is 5.09. The third-order valence-corrected chi connectivity index (χ3v) is 5.02. The van der Waals surface area contributed by atoms with Gasteiger partial charge in [-0.15, -0.1) is 0 Å². The number of hydrogen-bond acceptors (Lipinski definition) is 3. The molecule has 0 saturated carbocycles. The lowest BCUT2D eigenvalue weighted by molar-refractivity contribution is 0.517. The lowest BCUT2D eigenvalue weighted by Crippen LogP contribution is -2.30. The fourth-order valence-electron chi connectivity index (χ4n) is 2.41. The van der Waals surface area contributed by atoms with E-state index in [0.717, 1.165) is 33.0 Å². The summed E-state index contributed by atoms with van der Waals surface area (Å²) in [6.07, 6.45) is 0.699. The first-order valence-corrected chi connectivity index (χ1v) is 8.09. The molecule has 2 aromatic rings. The number of aromatic nitrogens is 2. The number of nitrogens with two attached hydrogens (primary N) is 1. The SMILES string of the molecule is CCn1nc(C)c(Cl)c1CC(NN)c1ccc(Br)c(C)c1. The first kappa shape index (κ1) is 16.5. The van der Waals surface area contributed by atoms with Gasteiger partial charge in [0.2, 0.25) is 0 Å². The smallest absolute Gasteiger partial charge is 0.0847 e.